The lowest BCUT2D eigenvalue weighted by Crippen LogP contribution is -2.23. The van der Waals surface area contributed by atoms with Crippen molar-refractivity contribution in [3.05, 3.63) is 53.3 Å². The number of amides is 1. The Hall–Kier alpha value is -2.59. The molecule has 3 rings (SSSR count). The molecule has 0 fully saturated rings. The largest absolute Gasteiger partial charge is 0.417 e. The summed E-state index contributed by atoms with van der Waals surface area (Å²) in [6, 6.07) is 6.89. The van der Waals surface area contributed by atoms with Gasteiger partial charge in [0.1, 0.15) is 0 Å². The number of nitrogens with one attached hydrogen (secondary N) is 1. The maximum atomic E-state index is 13.0. The van der Waals surface area contributed by atoms with E-state index in [4.69, 9.17) is 11.6 Å². The van der Waals surface area contributed by atoms with Crippen molar-refractivity contribution in [2.45, 2.75) is 43.4 Å². The molecular formula is C20H19ClF3N5OS. The molecule has 11 heteroatoms. The van der Waals surface area contributed by atoms with Crippen molar-refractivity contribution < 1.29 is 18.0 Å². The summed E-state index contributed by atoms with van der Waals surface area (Å²) in [5.41, 5.74) is -0.139. The third-order valence-corrected chi connectivity index (χ3v) is 5.70. The summed E-state index contributed by atoms with van der Waals surface area (Å²) < 4.78 is 41.1. The molecule has 0 aliphatic rings. The second-order valence-corrected chi connectivity index (χ2v) is 8.35. The highest BCUT2D eigenvalue weighted by Crippen LogP contribution is 2.36. The molecule has 164 valence electrons. The molecule has 0 aliphatic carbocycles. The number of benzene rings is 1. The zero-order chi connectivity index (χ0) is 22.6. The van der Waals surface area contributed by atoms with E-state index >= 15 is 0 Å². The van der Waals surface area contributed by atoms with Crippen molar-refractivity contribution in [1.82, 2.24) is 19.7 Å². The van der Waals surface area contributed by atoms with Crippen LogP contribution in [-0.4, -0.2) is 30.9 Å². The molecule has 2 aromatic heterocycles. The molecular weight excluding hydrogens is 451 g/mol. The van der Waals surface area contributed by atoms with Gasteiger partial charge in [0.15, 0.2) is 11.0 Å². The topological polar surface area (TPSA) is 72.7 Å². The number of hydrogen-bond donors (Lipinski definition) is 1. The summed E-state index contributed by atoms with van der Waals surface area (Å²) in [4.78, 5) is 16.6. The van der Waals surface area contributed by atoms with Gasteiger partial charge in [-0.1, -0.05) is 30.3 Å². The molecule has 1 atom stereocenters. The molecule has 2 heterocycles. The number of alkyl halides is 3. The minimum Gasteiger partial charge on any atom is -0.325 e. The molecule has 0 radical (unpaired) electrons. The molecule has 31 heavy (non-hydrogen) atoms. The Morgan fingerprint density at radius 1 is 1.23 bits per heavy atom. The predicted octanol–water partition coefficient (Wildman–Crippen LogP) is 5.54. The average Bonchev–Trinajstić information content (AvgIpc) is 3.11. The van der Waals surface area contributed by atoms with Crippen molar-refractivity contribution in [2.75, 3.05) is 5.32 Å². The molecule has 0 aliphatic heterocycles. The summed E-state index contributed by atoms with van der Waals surface area (Å²) in [7, 11) is 0. The van der Waals surface area contributed by atoms with Crippen LogP contribution in [-0.2, 0) is 17.5 Å². The molecule has 1 aromatic carbocycles. The molecule has 1 N–H and O–H groups in total. The fraction of sp³-hybridized carbons (Fsp3) is 0.300. The van der Waals surface area contributed by atoms with E-state index in [2.05, 4.69) is 20.5 Å². The van der Waals surface area contributed by atoms with Crippen LogP contribution in [0.2, 0.25) is 5.02 Å². The van der Waals surface area contributed by atoms with Crippen LogP contribution in [0.4, 0.5) is 18.9 Å². The number of anilines is 1. The maximum absolute atomic E-state index is 13.0. The molecule has 6 nitrogen and oxygen atoms in total. The van der Waals surface area contributed by atoms with Crippen molar-refractivity contribution >= 4 is 35.0 Å². The first-order valence-corrected chi connectivity index (χ1v) is 10.6. The van der Waals surface area contributed by atoms with Crippen LogP contribution >= 0.6 is 23.4 Å². The number of carbonyl (C=O) groups excluding carboxylic acids is 1. The van der Waals surface area contributed by atoms with E-state index in [1.807, 2.05) is 23.6 Å². The summed E-state index contributed by atoms with van der Waals surface area (Å²) in [6.07, 6.45) is -0.470. The number of nitrogens with zero attached hydrogens (tertiary/aromatic N) is 4. The molecule has 0 bridgehead atoms. The lowest BCUT2D eigenvalue weighted by molar-refractivity contribution is -0.137. The van der Waals surface area contributed by atoms with Gasteiger partial charge in [0.2, 0.25) is 5.91 Å². The van der Waals surface area contributed by atoms with Gasteiger partial charge in [-0.25, -0.2) is 0 Å². The predicted molar refractivity (Wildman–Crippen MR) is 114 cm³/mol. The smallest absolute Gasteiger partial charge is 0.325 e. The highest BCUT2D eigenvalue weighted by molar-refractivity contribution is 8.00. The van der Waals surface area contributed by atoms with Gasteiger partial charge in [-0.15, -0.1) is 10.2 Å². The fourth-order valence-corrected chi connectivity index (χ4v) is 3.89. The van der Waals surface area contributed by atoms with E-state index in [0.29, 0.717) is 17.5 Å². The Kier molecular flexibility index (Phi) is 7.22. The van der Waals surface area contributed by atoms with Crippen LogP contribution < -0.4 is 5.32 Å². The van der Waals surface area contributed by atoms with Crippen molar-refractivity contribution in [3.63, 3.8) is 0 Å². The number of aromatic nitrogens is 4. The lowest BCUT2D eigenvalue weighted by atomic mass is 10.2. The Morgan fingerprint density at radius 3 is 2.58 bits per heavy atom. The Balaban J connectivity index is 1.77. The normalized spacial score (nSPS) is 12.6. The number of carbonyl (C=O) groups is 1. The Bertz CT molecular complexity index is 1060. The number of thioether (sulfide) groups is 1. The van der Waals surface area contributed by atoms with Crippen LogP contribution in [0.5, 0.6) is 0 Å². The minimum absolute atomic E-state index is 0.0154. The lowest BCUT2D eigenvalue weighted by Gasteiger charge is -2.15. The Labute approximate surface area is 186 Å². The summed E-state index contributed by atoms with van der Waals surface area (Å²) >= 11 is 6.81. The number of rotatable bonds is 7. The summed E-state index contributed by atoms with van der Waals surface area (Å²) in [5.74, 6) is 0.198. The van der Waals surface area contributed by atoms with Crippen LogP contribution in [0.3, 0.4) is 0 Å². The molecule has 1 amide bonds. The first kappa shape index (κ1) is 23.1. The molecule has 3 aromatic rings. The van der Waals surface area contributed by atoms with Gasteiger partial charge < -0.3 is 9.88 Å². The number of hydrogen-bond acceptors (Lipinski definition) is 5. The van der Waals surface area contributed by atoms with E-state index in [9.17, 15) is 18.0 Å². The second kappa shape index (κ2) is 9.69. The van der Waals surface area contributed by atoms with Gasteiger partial charge in [0.05, 0.1) is 15.8 Å². The van der Waals surface area contributed by atoms with Gasteiger partial charge >= 0.3 is 6.18 Å². The van der Waals surface area contributed by atoms with Crippen LogP contribution in [0, 0.1) is 0 Å². The van der Waals surface area contributed by atoms with Gasteiger partial charge in [-0.05, 0) is 43.7 Å². The van der Waals surface area contributed by atoms with E-state index in [1.165, 1.54) is 17.8 Å². The van der Waals surface area contributed by atoms with Crippen molar-refractivity contribution in [1.29, 1.82) is 0 Å². The quantitative estimate of drug-likeness (QED) is 0.460. The molecule has 0 saturated carbocycles. The zero-order valence-electron chi connectivity index (χ0n) is 16.7. The zero-order valence-corrected chi connectivity index (χ0v) is 18.2. The fourth-order valence-electron chi connectivity index (χ4n) is 2.79. The third-order valence-electron chi connectivity index (χ3n) is 4.29. The first-order chi connectivity index (χ1) is 14.7. The average molecular weight is 470 g/mol. The van der Waals surface area contributed by atoms with Crippen LogP contribution in [0.15, 0.2) is 47.9 Å². The number of pyridine rings is 1. The number of halogens is 4. The SMILES string of the molecule is CCCn1c(SC(C)C(=O)Nc2ccc(Cl)c(C(F)(F)F)c2)nnc1-c1ccncc1. The molecule has 0 spiro atoms. The molecule has 1 unspecified atom stereocenters. The van der Waals surface area contributed by atoms with Gasteiger partial charge in [0.25, 0.3) is 0 Å². The van der Waals surface area contributed by atoms with Crippen molar-refractivity contribution in [3.8, 4) is 11.4 Å². The highest BCUT2D eigenvalue weighted by atomic mass is 35.5. The second-order valence-electron chi connectivity index (χ2n) is 6.64. The Morgan fingerprint density at radius 2 is 1.94 bits per heavy atom. The van der Waals surface area contributed by atoms with Crippen LogP contribution in [0.25, 0.3) is 11.4 Å². The van der Waals surface area contributed by atoms with E-state index in [1.54, 1.807) is 19.3 Å². The van der Waals surface area contributed by atoms with Crippen molar-refractivity contribution in [2.24, 2.45) is 0 Å². The summed E-state index contributed by atoms with van der Waals surface area (Å²) in [5, 5.41) is 10.4. The highest BCUT2D eigenvalue weighted by Gasteiger charge is 2.33. The first-order valence-electron chi connectivity index (χ1n) is 9.38. The van der Waals surface area contributed by atoms with Gasteiger partial charge in [-0.3, -0.25) is 9.78 Å². The van der Waals surface area contributed by atoms with E-state index < -0.39 is 27.9 Å². The van der Waals surface area contributed by atoms with Crippen LogP contribution in [0.1, 0.15) is 25.8 Å². The van der Waals surface area contributed by atoms with Gasteiger partial charge in [0, 0.05) is 30.2 Å². The third kappa shape index (κ3) is 5.56. The van der Waals surface area contributed by atoms with E-state index in [-0.39, 0.29) is 5.69 Å². The standard InChI is InChI=1S/C20H19ClF3N5OS/c1-3-10-29-17(13-6-8-25-9-7-13)27-28-19(29)31-12(2)18(30)26-14-4-5-16(21)15(11-14)20(22,23)24/h4-9,11-12H,3,10H2,1-2H3,(H,26,30). The van der Waals surface area contributed by atoms with E-state index in [0.717, 1.165) is 24.1 Å². The van der Waals surface area contributed by atoms with Gasteiger partial charge in [-0.2, -0.15) is 13.2 Å². The minimum atomic E-state index is -4.61. The monoisotopic (exact) mass is 469 g/mol. The summed E-state index contributed by atoms with van der Waals surface area (Å²) in [6.45, 7) is 4.31. The maximum Gasteiger partial charge on any atom is 0.417 e. The molecule has 0 saturated heterocycles.